The molecule has 0 bridgehead atoms. The highest BCUT2D eigenvalue weighted by Gasteiger charge is 2.32. The summed E-state index contributed by atoms with van der Waals surface area (Å²) in [6, 6.07) is 8.82. The minimum absolute atomic E-state index is 0.0832. The molecule has 0 spiro atoms. The second-order valence-electron chi connectivity index (χ2n) is 9.06. The van der Waals surface area contributed by atoms with Crippen LogP contribution in [0.3, 0.4) is 0 Å². The van der Waals surface area contributed by atoms with Gasteiger partial charge in [0.05, 0.1) is 10.3 Å². The fraction of sp³-hybridized carbons (Fsp3) is 0.385. The Labute approximate surface area is 199 Å². The van der Waals surface area contributed by atoms with E-state index in [0.29, 0.717) is 35.8 Å². The molecule has 1 N–H and O–H groups in total. The molecule has 2 aromatic carbocycles. The number of hydrogen-bond acceptors (Lipinski definition) is 6. The van der Waals surface area contributed by atoms with E-state index in [9.17, 15) is 18.0 Å². The smallest absolute Gasteiger partial charge is 0.339 e. The third kappa shape index (κ3) is 4.65. The second kappa shape index (κ2) is 9.35. The molecule has 0 unspecified atom stereocenters. The maximum Gasteiger partial charge on any atom is 0.339 e. The number of carbonyl (C=O) groups excluding carboxylic acids is 1. The van der Waals surface area contributed by atoms with Crippen LogP contribution in [0.1, 0.15) is 48.9 Å². The Morgan fingerprint density at radius 1 is 1.09 bits per heavy atom. The summed E-state index contributed by atoms with van der Waals surface area (Å²) in [6.45, 7) is 7.37. The van der Waals surface area contributed by atoms with Crippen molar-refractivity contribution in [1.29, 1.82) is 0 Å². The lowest BCUT2D eigenvalue weighted by atomic mass is 10.00. The molecule has 34 heavy (non-hydrogen) atoms. The van der Waals surface area contributed by atoms with Crippen molar-refractivity contribution in [2.75, 3.05) is 0 Å². The van der Waals surface area contributed by atoms with Gasteiger partial charge in [0, 0.05) is 5.56 Å². The van der Waals surface area contributed by atoms with E-state index in [2.05, 4.69) is 4.72 Å². The van der Waals surface area contributed by atoms with Crippen molar-refractivity contribution in [1.82, 2.24) is 4.72 Å². The Morgan fingerprint density at radius 3 is 2.44 bits per heavy atom. The van der Waals surface area contributed by atoms with E-state index < -0.39 is 22.0 Å². The Hall–Kier alpha value is -2.97. The van der Waals surface area contributed by atoms with Crippen LogP contribution < -0.4 is 15.1 Å². The number of benzene rings is 2. The summed E-state index contributed by atoms with van der Waals surface area (Å²) in [7, 11) is -3.95. The van der Waals surface area contributed by atoms with Crippen molar-refractivity contribution in [3.63, 3.8) is 0 Å². The number of carbonyl (C=O) groups is 1. The number of hydrogen-bond donors (Lipinski definition) is 1. The Balaban J connectivity index is 1.71. The van der Waals surface area contributed by atoms with Crippen molar-refractivity contribution >= 4 is 27.0 Å². The number of nitrogens with one attached hydrogen (secondary N) is 1. The molecule has 7 nitrogen and oxygen atoms in total. The first kappa shape index (κ1) is 24.2. The first-order valence-electron chi connectivity index (χ1n) is 11.5. The summed E-state index contributed by atoms with van der Waals surface area (Å²) in [5.41, 5.74) is 3.17. The van der Waals surface area contributed by atoms with Gasteiger partial charge in [-0.3, -0.25) is 0 Å². The van der Waals surface area contributed by atoms with Crippen LogP contribution >= 0.6 is 0 Å². The number of rotatable bonds is 7. The van der Waals surface area contributed by atoms with E-state index in [0.717, 1.165) is 23.1 Å². The van der Waals surface area contributed by atoms with Crippen molar-refractivity contribution in [2.24, 2.45) is 5.92 Å². The summed E-state index contributed by atoms with van der Waals surface area (Å²) in [6.07, 6.45) is 2.71. The molecule has 0 saturated carbocycles. The third-order valence-corrected chi connectivity index (χ3v) is 7.93. The molecule has 0 fully saturated rings. The van der Waals surface area contributed by atoms with Gasteiger partial charge >= 0.3 is 11.6 Å². The molecule has 0 amide bonds. The zero-order valence-electron chi connectivity index (χ0n) is 19.8. The molecule has 1 aliphatic carbocycles. The van der Waals surface area contributed by atoms with Gasteiger partial charge in [-0.15, -0.1) is 0 Å². The van der Waals surface area contributed by atoms with Gasteiger partial charge in [0.2, 0.25) is 10.0 Å². The van der Waals surface area contributed by atoms with Crippen LogP contribution in [0.4, 0.5) is 0 Å². The fourth-order valence-corrected chi connectivity index (χ4v) is 5.64. The van der Waals surface area contributed by atoms with Crippen LogP contribution in [0.25, 0.3) is 11.0 Å². The van der Waals surface area contributed by atoms with Crippen LogP contribution in [-0.4, -0.2) is 20.4 Å². The Kier molecular flexibility index (Phi) is 6.64. The van der Waals surface area contributed by atoms with Crippen LogP contribution in [0.15, 0.2) is 50.5 Å². The van der Waals surface area contributed by atoms with Gasteiger partial charge in [-0.25, -0.2) is 18.0 Å². The Bertz CT molecular complexity index is 1410. The zero-order valence-corrected chi connectivity index (χ0v) is 20.6. The Morgan fingerprint density at radius 2 is 1.76 bits per heavy atom. The molecule has 1 aromatic heterocycles. The fourth-order valence-electron chi connectivity index (χ4n) is 4.34. The predicted molar refractivity (Wildman–Crippen MR) is 130 cm³/mol. The average Bonchev–Trinajstić information content (AvgIpc) is 3.27. The molecule has 180 valence electrons. The molecule has 3 aromatic rings. The molecular formula is C26H29NO6S. The number of aryl methyl sites for hydroxylation is 3. The van der Waals surface area contributed by atoms with E-state index in [1.54, 1.807) is 31.2 Å². The van der Waals surface area contributed by atoms with Crippen molar-refractivity contribution < 1.29 is 22.4 Å². The van der Waals surface area contributed by atoms with Crippen molar-refractivity contribution in [2.45, 2.75) is 64.3 Å². The summed E-state index contributed by atoms with van der Waals surface area (Å²) in [5, 5.41) is 0.607. The lowest BCUT2D eigenvalue weighted by molar-refractivity contribution is -0.137. The van der Waals surface area contributed by atoms with Gasteiger partial charge < -0.3 is 9.15 Å². The van der Waals surface area contributed by atoms with Gasteiger partial charge in [-0.2, -0.15) is 4.72 Å². The van der Waals surface area contributed by atoms with E-state index >= 15 is 0 Å². The van der Waals surface area contributed by atoms with Crippen LogP contribution in [0, 0.1) is 19.8 Å². The van der Waals surface area contributed by atoms with Gasteiger partial charge in [-0.1, -0.05) is 38.0 Å². The lowest BCUT2D eigenvalue weighted by Gasteiger charge is -2.23. The van der Waals surface area contributed by atoms with Gasteiger partial charge in [0.1, 0.15) is 17.4 Å². The highest BCUT2D eigenvalue weighted by atomic mass is 32.2. The van der Waals surface area contributed by atoms with Crippen molar-refractivity contribution in [3.05, 3.63) is 69.1 Å². The molecule has 1 heterocycles. The van der Waals surface area contributed by atoms with Gasteiger partial charge in [-0.05, 0) is 74.4 Å². The highest BCUT2D eigenvalue weighted by Crippen LogP contribution is 2.35. The molecule has 1 aliphatic rings. The topological polar surface area (TPSA) is 103 Å². The van der Waals surface area contributed by atoms with Crippen molar-refractivity contribution in [3.8, 4) is 5.75 Å². The molecule has 8 heteroatoms. The van der Waals surface area contributed by atoms with Gasteiger partial charge in [0.15, 0.2) is 0 Å². The SMILES string of the molecule is CC[C@H](C)[C@H](NS(=O)(=O)c1ccc(C)cc1)C(=O)Oc1cc(C)cc2oc(=O)c3c(c12)CCC3. The van der Waals surface area contributed by atoms with Gasteiger partial charge in [0.25, 0.3) is 0 Å². The minimum Gasteiger partial charge on any atom is -0.425 e. The molecule has 0 radical (unpaired) electrons. The van der Waals surface area contributed by atoms with E-state index in [1.165, 1.54) is 12.1 Å². The van der Waals surface area contributed by atoms with E-state index in [-0.39, 0.29) is 22.2 Å². The average molecular weight is 484 g/mol. The van der Waals surface area contributed by atoms with Crippen LogP contribution in [-0.2, 0) is 27.7 Å². The maximum absolute atomic E-state index is 13.4. The summed E-state index contributed by atoms with van der Waals surface area (Å²) in [4.78, 5) is 25.8. The van der Waals surface area contributed by atoms with Crippen LogP contribution in [0.5, 0.6) is 5.75 Å². The van der Waals surface area contributed by atoms with E-state index in [1.807, 2.05) is 20.8 Å². The largest absolute Gasteiger partial charge is 0.425 e. The number of ether oxygens (including phenoxy) is 1. The molecule has 0 saturated heterocycles. The second-order valence-corrected chi connectivity index (χ2v) is 10.8. The summed E-state index contributed by atoms with van der Waals surface area (Å²) in [5.74, 6) is -0.730. The zero-order chi connectivity index (χ0) is 24.6. The predicted octanol–water partition coefficient (Wildman–Crippen LogP) is 4.20. The lowest BCUT2D eigenvalue weighted by Crippen LogP contribution is -2.47. The summed E-state index contributed by atoms with van der Waals surface area (Å²) >= 11 is 0. The number of sulfonamides is 1. The monoisotopic (exact) mass is 483 g/mol. The third-order valence-electron chi connectivity index (χ3n) is 6.47. The summed E-state index contributed by atoms with van der Waals surface area (Å²) < 4.78 is 39.9. The quantitative estimate of drug-likeness (QED) is 0.307. The molecule has 0 aliphatic heterocycles. The number of esters is 1. The maximum atomic E-state index is 13.4. The number of fused-ring (bicyclic) bond motifs is 3. The standard InChI is InChI=1S/C26H29NO6S/c1-5-17(4)24(27-34(30,31)18-11-9-15(2)10-12-18)26(29)33-22-14-16(3)13-21-23(22)19-7-6-8-20(19)25(28)32-21/h9-14,17,24,27H,5-8H2,1-4H3/t17-,24-/m0/s1. The van der Waals surface area contributed by atoms with E-state index in [4.69, 9.17) is 9.15 Å². The molecule has 4 rings (SSSR count). The molecule has 2 atom stereocenters. The first-order valence-corrected chi connectivity index (χ1v) is 13.0. The molecular weight excluding hydrogens is 454 g/mol. The normalized spacial score (nSPS) is 15.2. The minimum atomic E-state index is -3.95. The van der Waals surface area contributed by atoms with Crippen LogP contribution in [0.2, 0.25) is 0 Å². The first-order chi connectivity index (χ1) is 16.1. The highest BCUT2D eigenvalue weighted by molar-refractivity contribution is 7.89.